The Hall–Kier alpha value is -1.57. The molecule has 2 aromatic heterocycles. The smallest absolute Gasteiger partial charge is 0.242 e. The Balaban J connectivity index is 1.95. The number of hydrogen-bond donors (Lipinski definition) is 3. The van der Waals surface area contributed by atoms with Gasteiger partial charge in [-0.15, -0.1) is 0 Å². The van der Waals surface area contributed by atoms with Gasteiger partial charge in [-0.05, 0) is 18.2 Å². The Labute approximate surface area is 105 Å². The van der Waals surface area contributed by atoms with Crippen LogP contribution in [0.1, 0.15) is 11.5 Å². The van der Waals surface area contributed by atoms with Gasteiger partial charge in [0.15, 0.2) is 0 Å². The molecule has 0 aromatic carbocycles. The van der Waals surface area contributed by atoms with E-state index in [1.807, 2.05) is 0 Å². The third-order valence-electron chi connectivity index (χ3n) is 2.49. The molecule has 2 rings (SSSR count). The number of nitrogens with one attached hydrogen (secondary N) is 2. The summed E-state index contributed by atoms with van der Waals surface area (Å²) < 4.78 is 31.4. The predicted molar refractivity (Wildman–Crippen MR) is 66.3 cm³/mol. The van der Waals surface area contributed by atoms with Gasteiger partial charge in [-0.1, -0.05) is 0 Å². The molecular formula is C11H15N3O3S. The van der Waals surface area contributed by atoms with Crippen LogP contribution in [0.2, 0.25) is 0 Å². The fraction of sp³-hybridized carbons (Fsp3) is 0.273. The molecule has 0 unspecified atom stereocenters. The zero-order valence-corrected chi connectivity index (χ0v) is 10.5. The van der Waals surface area contributed by atoms with E-state index in [2.05, 4.69) is 9.71 Å². The minimum absolute atomic E-state index is 0.197. The van der Waals surface area contributed by atoms with Crippen LogP contribution >= 0.6 is 0 Å². The summed E-state index contributed by atoms with van der Waals surface area (Å²) in [5, 5.41) is 0. The maximum atomic E-state index is 11.9. The van der Waals surface area contributed by atoms with Crippen molar-refractivity contribution in [2.75, 3.05) is 6.54 Å². The fourth-order valence-corrected chi connectivity index (χ4v) is 2.59. The van der Waals surface area contributed by atoms with E-state index < -0.39 is 10.0 Å². The van der Waals surface area contributed by atoms with Crippen LogP contribution in [-0.2, 0) is 23.0 Å². The fourth-order valence-electron chi connectivity index (χ4n) is 1.54. The molecule has 4 N–H and O–H groups in total. The van der Waals surface area contributed by atoms with E-state index in [1.165, 1.54) is 12.3 Å². The molecule has 0 amide bonds. The van der Waals surface area contributed by atoms with Crippen LogP contribution in [0, 0.1) is 0 Å². The topological polar surface area (TPSA) is 101 Å². The van der Waals surface area contributed by atoms with Gasteiger partial charge in [-0.3, -0.25) is 0 Å². The maximum Gasteiger partial charge on any atom is 0.242 e. The van der Waals surface area contributed by atoms with Crippen molar-refractivity contribution in [1.82, 2.24) is 9.71 Å². The molecule has 0 aliphatic heterocycles. The second kappa shape index (κ2) is 5.38. The SMILES string of the molecule is NCc1cc(S(=O)(=O)NCCc2ccco2)c[nH]1. The minimum atomic E-state index is -3.48. The first-order chi connectivity index (χ1) is 8.62. The first-order valence-corrected chi connectivity index (χ1v) is 6.99. The molecule has 0 spiro atoms. The highest BCUT2D eigenvalue weighted by molar-refractivity contribution is 7.89. The minimum Gasteiger partial charge on any atom is -0.469 e. The highest BCUT2D eigenvalue weighted by atomic mass is 32.2. The van der Waals surface area contributed by atoms with Crippen molar-refractivity contribution in [2.24, 2.45) is 5.73 Å². The summed E-state index contributed by atoms with van der Waals surface area (Å²) in [6.07, 6.45) is 3.50. The molecule has 0 aliphatic carbocycles. The number of rotatable bonds is 6. The zero-order chi connectivity index (χ0) is 13.0. The van der Waals surface area contributed by atoms with Gasteiger partial charge in [0.05, 0.1) is 11.2 Å². The molecule has 2 aromatic rings. The summed E-state index contributed by atoms with van der Waals surface area (Å²) in [5.41, 5.74) is 6.09. The molecule has 7 heteroatoms. The maximum absolute atomic E-state index is 11.9. The lowest BCUT2D eigenvalue weighted by Crippen LogP contribution is -2.25. The number of hydrogen-bond acceptors (Lipinski definition) is 4. The Morgan fingerprint density at radius 1 is 1.44 bits per heavy atom. The highest BCUT2D eigenvalue weighted by Crippen LogP contribution is 2.10. The van der Waals surface area contributed by atoms with Crippen LogP contribution in [0.15, 0.2) is 40.0 Å². The van der Waals surface area contributed by atoms with E-state index >= 15 is 0 Å². The number of furan rings is 1. The van der Waals surface area contributed by atoms with E-state index in [0.29, 0.717) is 18.7 Å². The van der Waals surface area contributed by atoms with Crippen LogP contribution in [0.25, 0.3) is 0 Å². The van der Waals surface area contributed by atoms with Crippen molar-refractivity contribution in [2.45, 2.75) is 17.9 Å². The van der Waals surface area contributed by atoms with Crippen molar-refractivity contribution >= 4 is 10.0 Å². The van der Waals surface area contributed by atoms with Crippen LogP contribution in [-0.4, -0.2) is 19.9 Å². The Kier molecular flexibility index (Phi) is 3.85. The van der Waals surface area contributed by atoms with Gasteiger partial charge in [-0.25, -0.2) is 13.1 Å². The second-order valence-electron chi connectivity index (χ2n) is 3.79. The first-order valence-electron chi connectivity index (χ1n) is 5.51. The Morgan fingerprint density at radius 2 is 2.28 bits per heavy atom. The quantitative estimate of drug-likeness (QED) is 0.714. The monoisotopic (exact) mass is 269 g/mol. The third-order valence-corrected chi connectivity index (χ3v) is 3.93. The molecule has 0 atom stereocenters. The second-order valence-corrected chi connectivity index (χ2v) is 5.56. The van der Waals surface area contributed by atoms with Crippen molar-refractivity contribution < 1.29 is 12.8 Å². The molecule has 6 nitrogen and oxygen atoms in total. The van der Waals surface area contributed by atoms with Gasteiger partial charge in [0.2, 0.25) is 10.0 Å². The van der Waals surface area contributed by atoms with Crippen molar-refractivity contribution in [1.29, 1.82) is 0 Å². The van der Waals surface area contributed by atoms with Crippen LogP contribution < -0.4 is 10.5 Å². The summed E-state index contributed by atoms with van der Waals surface area (Å²) in [5.74, 6) is 0.745. The van der Waals surface area contributed by atoms with Gasteiger partial charge < -0.3 is 15.1 Å². The molecule has 0 saturated heterocycles. The van der Waals surface area contributed by atoms with Crippen LogP contribution in [0.4, 0.5) is 0 Å². The van der Waals surface area contributed by atoms with E-state index in [4.69, 9.17) is 10.2 Å². The summed E-state index contributed by atoms with van der Waals surface area (Å²) in [6.45, 7) is 0.570. The van der Waals surface area contributed by atoms with E-state index in [9.17, 15) is 8.42 Å². The molecule has 98 valence electrons. The largest absolute Gasteiger partial charge is 0.469 e. The Bertz CT molecular complexity index is 587. The molecule has 0 aliphatic rings. The number of H-pyrrole nitrogens is 1. The van der Waals surface area contributed by atoms with Crippen LogP contribution in [0.3, 0.4) is 0 Å². The molecule has 0 saturated carbocycles. The number of aromatic amines is 1. The lowest BCUT2D eigenvalue weighted by molar-refractivity contribution is 0.506. The van der Waals surface area contributed by atoms with Gasteiger partial charge in [0.1, 0.15) is 5.76 Å². The number of nitrogens with two attached hydrogens (primary N) is 1. The molecule has 0 fully saturated rings. The predicted octanol–water partition coefficient (Wildman–Crippen LogP) is 0.587. The van der Waals surface area contributed by atoms with Crippen LogP contribution in [0.5, 0.6) is 0 Å². The van der Waals surface area contributed by atoms with Gasteiger partial charge >= 0.3 is 0 Å². The van der Waals surface area contributed by atoms with Crippen molar-refractivity contribution in [3.05, 3.63) is 42.1 Å². The summed E-state index contributed by atoms with van der Waals surface area (Å²) in [4.78, 5) is 3.00. The van der Waals surface area contributed by atoms with Gasteiger partial charge in [-0.2, -0.15) is 0 Å². The lowest BCUT2D eigenvalue weighted by atomic mass is 10.3. The van der Waals surface area contributed by atoms with E-state index in [0.717, 1.165) is 5.76 Å². The average Bonchev–Trinajstić information content (AvgIpc) is 2.99. The molecule has 18 heavy (non-hydrogen) atoms. The normalized spacial score (nSPS) is 11.8. The van der Waals surface area contributed by atoms with Crippen molar-refractivity contribution in [3.63, 3.8) is 0 Å². The molecule has 2 heterocycles. The summed E-state index contributed by atoms with van der Waals surface area (Å²) in [7, 11) is -3.48. The molecule has 0 bridgehead atoms. The van der Waals surface area contributed by atoms with Gasteiger partial charge in [0.25, 0.3) is 0 Å². The number of sulfonamides is 1. The van der Waals surface area contributed by atoms with E-state index in [1.54, 1.807) is 18.4 Å². The Morgan fingerprint density at radius 3 is 2.89 bits per heavy atom. The van der Waals surface area contributed by atoms with E-state index in [-0.39, 0.29) is 11.4 Å². The summed E-state index contributed by atoms with van der Waals surface area (Å²) in [6, 6.07) is 5.09. The van der Waals surface area contributed by atoms with Gasteiger partial charge in [0, 0.05) is 31.4 Å². The first kappa shape index (κ1) is 12.9. The lowest BCUT2D eigenvalue weighted by Gasteiger charge is -2.03. The third kappa shape index (κ3) is 3.00. The zero-order valence-electron chi connectivity index (χ0n) is 9.72. The number of aromatic nitrogens is 1. The molecule has 0 radical (unpaired) electrons. The molecular weight excluding hydrogens is 254 g/mol. The highest BCUT2D eigenvalue weighted by Gasteiger charge is 2.15. The summed E-state index contributed by atoms with van der Waals surface area (Å²) >= 11 is 0. The standard InChI is InChI=1S/C11H15N3O3S/c12-7-9-6-11(8-13-9)18(15,16)14-4-3-10-2-1-5-17-10/h1-2,5-6,8,13-14H,3-4,7,12H2. The van der Waals surface area contributed by atoms with Crippen molar-refractivity contribution in [3.8, 4) is 0 Å². The average molecular weight is 269 g/mol.